The molecule has 3 aromatic rings. The number of rotatable bonds is 1. The van der Waals surface area contributed by atoms with Gasteiger partial charge >= 0.3 is 0 Å². The summed E-state index contributed by atoms with van der Waals surface area (Å²) in [5, 5.41) is 4.68. The van der Waals surface area contributed by atoms with Crippen molar-refractivity contribution in [2.45, 2.75) is 13.0 Å². The number of nitrogens with one attached hydrogen (secondary N) is 2. The van der Waals surface area contributed by atoms with E-state index in [0.29, 0.717) is 0 Å². The number of nitrogens with zero attached hydrogens (tertiary/aromatic N) is 2. The van der Waals surface area contributed by atoms with Crippen molar-refractivity contribution in [2.24, 2.45) is 0 Å². The minimum absolute atomic E-state index is 0.899. The topological polar surface area (TPSA) is 44.0 Å². The van der Waals surface area contributed by atoms with E-state index in [-0.39, 0.29) is 0 Å². The molecular formula is C20H20N4. The summed E-state index contributed by atoms with van der Waals surface area (Å²) in [6.07, 6.45) is 5.29. The molecule has 4 heterocycles. The molecule has 4 nitrogen and oxygen atoms in total. The zero-order valence-corrected chi connectivity index (χ0v) is 13.8. The Morgan fingerprint density at radius 1 is 1.12 bits per heavy atom. The van der Waals surface area contributed by atoms with Gasteiger partial charge in [-0.1, -0.05) is 24.3 Å². The van der Waals surface area contributed by atoms with E-state index in [4.69, 9.17) is 0 Å². The summed E-state index contributed by atoms with van der Waals surface area (Å²) in [4.78, 5) is 10.6. The van der Waals surface area contributed by atoms with Gasteiger partial charge in [0.25, 0.3) is 0 Å². The normalized spacial score (nSPS) is 16.7. The Morgan fingerprint density at radius 3 is 2.92 bits per heavy atom. The Balaban J connectivity index is 1.83. The molecule has 0 unspecified atom stereocenters. The molecule has 5 rings (SSSR count). The maximum atomic E-state index is 4.62. The maximum Gasteiger partial charge on any atom is 0.138 e. The lowest BCUT2D eigenvalue weighted by Gasteiger charge is -2.21. The number of para-hydroxylation sites is 1. The standard InChI is InChI=1S/C20H20N4/c1-24-12-16-18-15(14-4-2-3-5-17(14)24)8-11-22-20(18)23-19(16)13-6-9-21-10-7-13/h2-6,8,11,21H,7,9-10,12H2,1H3,(H,22,23). The zero-order valence-electron chi connectivity index (χ0n) is 13.8. The zero-order chi connectivity index (χ0) is 16.1. The van der Waals surface area contributed by atoms with E-state index in [0.717, 1.165) is 31.7 Å². The van der Waals surface area contributed by atoms with E-state index in [9.17, 15) is 0 Å². The van der Waals surface area contributed by atoms with Crippen molar-refractivity contribution in [2.75, 3.05) is 25.0 Å². The first kappa shape index (κ1) is 13.8. The van der Waals surface area contributed by atoms with Crippen LogP contribution < -0.4 is 10.2 Å². The molecule has 2 aliphatic rings. The van der Waals surface area contributed by atoms with Crippen LogP contribution in [0.2, 0.25) is 0 Å². The Labute approximate surface area is 141 Å². The second kappa shape index (κ2) is 5.21. The summed E-state index contributed by atoms with van der Waals surface area (Å²) in [7, 11) is 2.18. The molecule has 2 N–H and O–H groups in total. The van der Waals surface area contributed by atoms with Gasteiger partial charge in [-0.15, -0.1) is 0 Å². The predicted octanol–water partition coefficient (Wildman–Crippen LogP) is 3.56. The van der Waals surface area contributed by atoms with Crippen LogP contribution in [-0.4, -0.2) is 30.1 Å². The van der Waals surface area contributed by atoms with Crippen LogP contribution >= 0.6 is 0 Å². The average molecular weight is 316 g/mol. The SMILES string of the molecule is CN1Cc2c(C3=CCNCC3)[nH]c3nccc(c23)-c2ccccc21. The van der Waals surface area contributed by atoms with Gasteiger partial charge in [-0.05, 0) is 36.2 Å². The number of hydrogen-bond donors (Lipinski definition) is 2. The summed E-state index contributed by atoms with van der Waals surface area (Å²) < 4.78 is 0. The smallest absolute Gasteiger partial charge is 0.138 e. The van der Waals surface area contributed by atoms with Crippen molar-refractivity contribution in [3.8, 4) is 11.1 Å². The largest absolute Gasteiger partial charge is 0.370 e. The third-order valence-corrected chi connectivity index (χ3v) is 5.18. The molecule has 1 aromatic carbocycles. The molecule has 2 aliphatic heterocycles. The Kier molecular flexibility index (Phi) is 3.00. The second-order valence-corrected chi connectivity index (χ2v) is 6.62. The number of hydrogen-bond acceptors (Lipinski definition) is 3. The maximum absolute atomic E-state index is 4.62. The van der Waals surface area contributed by atoms with Gasteiger partial charge in [0.15, 0.2) is 0 Å². The lowest BCUT2D eigenvalue weighted by atomic mass is 9.98. The fourth-order valence-corrected chi connectivity index (χ4v) is 4.04. The van der Waals surface area contributed by atoms with Gasteiger partial charge in [0, 0.05) is 54.2 Å². The van der Waals surface area contributed by atoms with Crippen LogP contribution in [0.25, 0.3) is 27.7 Å². The van der Waals surface area contributed by atoms with Crippen molar-refractivity contribution in [1.82, 2.24) is 15.3 Å². The van der Waals surface area contributed by atoms with E-state index in [2.05, 4.69) is 63.6 Å². The fraction of sp³-hybridized carbons (Fsp3) is 0.250. The van der Waals surface area contributed by atoms with Crippen LogP contribution in [0.5, 0.6) is 0 Å². The lowest BCUT2D eigenvalue weighted by molar-refractivity contribution is 0.736. The first-order chi connectivity index (χ1) is 11.8. The van der Waals surface area contributed by atoms with E-state index < -0.39 is 0 Å². The molecule has 0 spiro atoms. The summed E-state index contributed by atoms with van der Waals surface area (Å²) in [6.45, 7) is 2.88. The van der Waals surface area contributed by atoms with Gasteiger partial charge in [0.2, 0.25) is 0 Å². The summed E-state index contributed by atoms with van der Waals surface area (Å²) in [5.41, 5.74) is 8.91. The number of fused-ring (bicyclic) bond motifs is 2. The van der Waals surface area contributed by atoms with Crippen LogP contribution in [-0.2, 0) is 6.54 Å². The fourth-order valence-electron chi connectivity index (χ4n) is 4.04. The predicted molar refractivity (Wildman–Crippen MR) is 99.1 cm³/mol. The number of aromatic nitrogens is 2. The lowest BCUT2D eigenvalue weighted by Crippen LogP contribution is -2.21. The highest BCUT2D eigenvalue weighted by atomic mass is 15.1. The number of H-pyrrole nitrogens is 1. The first-order valence-corrected chi connectivity index (χ1v) is 8.53. The quantitative estimate of drug-likeness (QED) is 0.721. The number of aromatic amines is 1. The molecule has 4 heteroatoms. The Morgan fingerprint density at radius 2 is 2.04 bits per heavy atom. The van der Waals surface area contributed by atoms with Crippen molar-refractivity contribution < 1.29 is 0 Å². The van der Waals surface area contributed by atoms with Crippen molar-refractivity contribution in [1.29, 1.82) is 0 Å². The van der Waals surface area contributed by atoms with E-state index in [1.807, 2.05) is 6.20 Å². The van der Waals surface area contributed by atoms with E-state index >= 15 is 0 Å². The summed E-state index contributed by atoms with van der Waals surface area (Å²) >= 11 is 0. The molecule has 0 saturated heterocycles. The molecule has 0 fully saturated rings. The monoisotopic (exact) mass is 316 g/mol. The van der Waals surface area contributed by atoms with Crippen molar-refractivity contribution in [3.63, 3.8) is 0 Å². The van der Waals surface area contributed by atoms with Gasteiger partial charge in [0.05, 0.1) is 0 Å². The molecule has 120 valence electrons. The molecule has 0 saturated carbocycles. The van der Waals surface area contributed by atoms with Crippen LogP contribution in [0.4, 0.5) is 5.69 Å². The van der Waals surface area contributed by atoms with Gasteiger partial charge in [-0.25, -0.2) is 4.98 Å². The Hall–Kier alpha value is -2.59. The van der Waals surface area contributed by atoms with Gasteiger partial charge in [-0.3, -0.25) is 0 Å². The van der Waals surface area contributed by atoms with Gasteiger partial charge in [0.1, 0.15) is 5.65 Å². The highest BCUT2D eigenvalue weighted by molar-refractivity contribution is 6.02. The third-order valence-electron chi connectivity index (χ3n) is 5.18. The second-order valence-electron chi connectivity index (χ2n) is 6.62. The molecule has 24 heavy (non-hydrogen) atoms. The minimum Gasteiger partial charge on any atom is -0.370 e. The van der Waals surface area contributed by atoms with E-state index in [1.54, 1.807) is 0 Å². The molecule has 0 bridgehead atoms. The third kappa shape index (κ3) is 1.93. The van der Waals surface area contributed by atoms with Crippen LogP contribution in [0.15, 0.2) is 42.6 Å². The van der Waals surface area contributed by atoms with Crippen LogP contribution in [0.3, 0.4) is 0 Å². The molecule has 0 atom stereocenters. The minimum atomic E-state index is 0.899. The van der Waals surface area contributed by atoms with Crippen LogP contribution in [0, 0.1) is 0 Å². The number of anilines is 1. The molecule has 0 aliphatic carbocycles. The average Bonchev–Trinajstić information content (AvgIpc) is 2.95. The molecule has 2 aromatic heterocycles. The Bertz CT molecular complexity index is 967. The summed E-state index contributed by atoms with van der Waals surface area (Å²) in [5.74, 6) is 0. The van der Waals surface area contributed by atoms with E-state index in [1.165, 1.54) is 39.0 Å². The number of benzene rings is 1. The van der Waals surface area contributed by atoms with Gasteiger partial charge in [-0.2, -0.15) is 0 Å². The first-order valence-electron chi connectivity index (χ1n) is 8.53. The van der Waals surface area contributed by atoms with Crippen molar-refractivity contribution >= 4 is 22.3 Å². The summed E-state index contributed by atoms with van der Waals surface area (Å²) in [6, 6.07) is 10.8. The highest BCUT2D eigenvalue weighted by Crippen LogP contribution is 2.42. The van der Waals surface area contributed by atoms with Crippen LogP contribution in [0.1, 0.15) is 17.7 Å². The van der Waals surface area contributed by atoms with Crippen molar-refractivity contribution in [3.05, 3.63) is 53.9 Å². The highest BCUT2D eigenvalue weighted by Gasteiger charge is 2.25. The molecule has 0 amide bonds. The molecule has 0 radical (unpaired) electrons. The number of pyridine rings is 1. The van der Waals surface area contributed by atoms with Gasteiger partial charge < -0.3 is 15.2 Å². The molecular weight excluding hydrogens is 296 g/mol.